The molecule has 36 heavy (non-hydrogen) atoms. The van der Waals surface area contributed by atoms with Crippen molar-refractivity contribution in [2.24, 2.45) is 7.05 Å². The molecular formula is C27H24N4O3S2. The first-order valence-corrected chi connectivity index (χ1v) is 14.7. The third kappa shape index (κ3) is 3.41. The molecule has 6 rings (SSSR count). The van der Waals surface area contributed by atoms with E-state index in [0.29, 0.717) is 18.5 Å². The Morgan fingerprint density at radius 3 is 2.28 bits per heavy atom. The molecule has 0 radical (unpaired) electrons. The molecule has 182 valence electrons. The van der Waals surface area contributed by atoms with Crippen molar-refractivity contribution in [2.45, 2.75) is 22.6 Å². The number of aromatic nitrogens is 4. The Kier molecular flexibility index (Phi) is 5.14. The van der Waals surface area contributed by atoms with Crippen molar-refractivity contribution < 1.29 is 8.42 Å². The van der Waals surface area contributed by atoms with Gasteiger partial charge in [-0.25, -0.2) is 18.2 Å². The fourth-order valence-corrected chi connectivity index (χ4v) is 6.76. The predicted molar refractivity (Wildman–Crippen MR) is 145 cm³/mol. The number of aryl methyl sites for hydroxylation is 1. The largest absolute Gasteiger partial charge is 0.333 e. The van der Waals surface area contributed by atoms with Gasteiger partial charge in [0, 0.05) is 30.4 Å². The zero-order valence-corrected chi connectivity index (χ0v) is 21.7. The highest BCUT2D eigenvalue weighted by Crippen LogP contribution is 2.52. The molecule has 9 heteroatoms. The van der Waals surface area contributed by atoms with Crippen LogP contribution in [0.15, 0.2) is 76.8 Å². The number of hydrogen-bond donors (Lipinski definition) is 0. The van der Waals surface area contributed by atoms with Gasteiger partial charge in [-0.05, 0) is 60.6 Å². The minimum Gasteiger partial charge on any atom is -0.293 e. The van der Waals surface area contributed by atoms with Crippen LogP contribution >= 0.6 is 11.8 Å². The van der Waals surface area contributed by atoms with Crippen LogP contribution < -0.4 is 5.69 Å². The average molecular weight is 517 g/mol. The average Bonchev–Trinajstić information content (AvgIpc) is 3.67. The van der Waals surface area contributed by atoms with Crippen LogP contribution in [0, 0.1) is 0 Å². The van der Waals surface area contributed by atoms with E-state index in [1.165, 1.54) is 6.26 Å². The van der Waals surface area contributed by atoms with Crippen molar-refractivity contribution in [3.8, 4) is 16.8 Å². The van der Waals surface area contributed by atoms with Crippen molar-refractivity contribution in [2.75, 3.05) is 12.5 Å². The van der Waals surface area contributed by atoms with E-state index in [4.69, 9.17) is 0 Å². The first kappa shape index (κ1) is 23.0. The van der Waals surface area contributed by atoms with Gasteiger partial charge in [-0.15, -0.1) is 11.8 Å². The lowest BCUT2D eigenvalue weighted by Gasteiger charge is -2.14. The predicted octanol–water partition coefficient (Wildman–Crippen LogP) is 4.70. The molecule has 3 heterocycles. The molecule has 0 aliphatic heterocycles. The molecule has 0 N–H and O–H groups in total. The summed E-state index contributed by atoms with van der Waals surface area (Å²) in [6.45, 7) is 0. The lowest BCUT2D eigenvalue weighted by Crippen LogP contribution is -2.21. The van der Waals surface area contributed by atoms with E-state index in [1.807, 2.05) is 67.0 Å². The monoisotopic (exact) mass is 516 g/mol. The molecule has 0 saturated heterocycles. The molecule has 1 saturated carbocycles. The second-order valence-corrected chi connectivity index (χ2v) is 12.5. The van der Waals surface area contributed by atoms with E-state index in [-0.39, 0.29) is 5.69 Å². The highest BCUT2D eigenvalue weighted by atomic mass is 32.2. The maximum atomic E-state index is 13.4. The number of nitrogens with zero attached hydrogens (tertiary/aromatic N) is 4. The number of rotatable bonds is 5. The Morgan fingerprint density at radius 2 is 1.67 bits per heavy atom. The van der Waals surface area contributed by atoms with Crippen molar-refractivity contribution in [1.29, 1.82) is 0 Å². The lowest BCUT2D eigenvalue weighted by atomic mass is 10.0. The summed E-state index contributed by atoms with van der Waals surface area (Å²) < 4.78 is 27.2. The molecule has 1 aliphatic rings. The van der Waals surface area contributed by atoms with Gasteiger partial charge in [0.1, 0.15) is 0 Å². The van der Waals surface area contributed by atoms with Crippen molar-refractivity contribution in [1.82, 2.24) is 19.1 Å². The van der Waals surface area contributed by atoms with Crippen LogP contribution in [0.4, 0.5) is 0 Å². The first-order chi connectivity index (χ1) is 17.2. The van der Waals surface area contributed by atoms with Crippen LogP contribution in [0.1, 0.15) is 18.4 Å². The smallest absolute Gasteiger partial charge is 0.293 e. The standard InChI is InChI=1S/C27H24N4O3S2/c1-30-23-16-28-22-10-4-17(18-5-11-24(35-2)29-15-18)14-21(22)25(23)31(26(30)32)20-8-6-19(7-9-20)27(12-13-27)36(3,33)34/h4-11,14-16H,12-13H2,1-3H3. The fourth-order valence-electron chi connectivity index (χ4n) is 4.99. The van der Waals surface area contributed by atoms with Crippen LogP contribution in [0.3, 0.4) is 0 Å². The highest BCUT2D eigenvalue weighted by molar-refractivity contribution is 7.98. The number of thioether (sulfide) groups is 1. The minimum atomic E-state index is -3.21. The van der Waals surface area contributed by atoms with Crippen LogP contribution in [-0.4, -0.2) is 40.0 Å². The number of fused-ring (bicyclic) bond motifs is 3. The molecule has 2 aromatic carbocycles. The normalized spacial score (nSPS) is 15.0. The molecular weight excluding hydrogens is 492 g/mol. The zero-order valence-electron chi connectivity index (χ0n) is 20.1. The summed E-state index contributed by atoms with van der Waals surface area (Å²) in [7, 11) is -1.48. The maximum Gasteiger partial charge on any atom is 0.333 e. The number of hydrogen-bond acceptors (Lipinski definition) is 6. The third-order valence-electron chi connectivity index (χ3n) is 7.23. The van der Waals surface area contributed by atoms with Crippen LogP contribution in [-0.2, 0) is 21.6 Å². The van der Waals surface area contributed by atoms with Crippen LogP contribution in [0.5, 0.6) is 0 Å². The fraction of sp³-hybridized carbons (Fsp3) is 0.222. The summed E-state index contributed by atoms with van der Waals surface area (Å²) in [5.41, 5.74) is 5.51. The molecule has 5 aromatic rings. The minimum absolute atomic E-state index is 0.187. The number of imidazole rings is 1. The van der Waals surface area contributed by atoms with Gasteiger partial charge >= 0.3 is 5.69 Å². The van der Waals surface area contributed by atoms with E-state index in [1.54, 1.807) is 34.1 Å². The Hall–Kier alpha value is -3.43. The molecule has 1 aliphatic carbocycles. The van der Waals surface area contributed by atoms with Crippen LogP contribution in [0.2, 0.25) is 0 Å². The van der Waals surface area contributed by atoms with E-state index < -0.39 is 14.6 Å². The van der Waals surface area contributed by atoms with Crippen molar-refractivity contribution in [3.63, 3.8) is 0 Å². The summed E-state index contributed by atoms with van der Waals surface area (Å²) in [5.74, 6) is 0. The Labute approximate surface area is 212 Å². The second kappa shape index (κ2) is 8.04. The van der Waals surface area contributed by atoms with Gasteiger partial charge in [-0.2, -0.15) is 0 Å². The molecule has 0 unspecified atom stereocenters. The summed E-state index contributed by atoms with van der Waals surface area (Å²) >= 11 is 1.59. The topological polar surface area (TPSA) is 86.9 Å². The maximum absolute atomic E-state index is 13.4. The van der Waals surface area contributed by atoms with Gasteiger partial charge in [0.15, 0.2) is 9.84 Å². The third-order valence-corrected chi connectivity index (χ3v) is 9.95. The van der Waals surface area contributed by atoms with Gasteiger partial charge < -0.3 is 0 Å². The molecule has 1 fully saturated rings. The molecule has 0 bridgehead atoms. The second-order valence-electron chi connectivity index (χ2n) is 9.30. The Balaban J connectivity index is 1.55. The van der Waals surface area contributed by atoms with Crippen LogP contribution in [0.25, 0.3) is 38.8 Å². The number of sulfone groups is 1. The summed E-state index contributed by atoms with van der Waals surface area (Å²) in [4.78, 5) is 22.5. The Morgan fingerprint density at radius 1 is 0.944 bits per heavy atom. The van der Waals surface area contributed by atoms with Gasteiger partial charge in [-0.1, -0.05) is 24.3 Å². The van der Waals surface area contributed by atoms with E-state index >= 15 is 0 Å². The summed E-state index contributed by atoms with van der Waals surface area (Å²) in [5, 5.41) is 1.81. The number of benzene rings is 2. The molecule has 3 aromatic heterocycles. The van der Waals surface area contributed by atoms with Gasteiger partial charge in [0.25, 0.3) is 0 Å². The van der Waals surface area contributed by atoms with Crippen molar-refractivity contribution >= 4 is 43.5 Å². The lowest BCUT2D eigenvalue weighted by molar-refractivity contribution is 0.586. The Bertz CT molecular complexity index is 1820. The zero-order chi connectivity index (χ0) is 25.2. The van der Waals surface area contributed by atoms with E-state index in [2.05, 4.69) is 9.97 Å². The molecule has 0 spiro atoms. The van der Waals surface area contributed by atoms with Gasteiger partial charge in [0.05, 0.1) is 38.2 Å². The van der Waals surface area contributed by atoms with Gasteiger partial charge in [0.2, 0.25) is 0 Å². The molecule has 0 atom stereocenters. The summed E-state index contributed by atoms with van der Waals surface area (Å²) in [6.07, 6.45) is 8.13. The van der Waals surface area contributed by atoms with E-state index in [9.17, 15) is 13.2 Å². The SMILES string of the molecule is CSc1ccc(-c2ccc3ncc4c(c3c2)n(-c2ccc(C3(S(C)(=O)=O)CC3)cc2)c(=O)n4C)cn1. The van der Waals surface area contributed by atoms with Gasteiger partial charge in [-0.3, -0.25) is 14.1 Å². The quantitative estimate of drug-likeness (QED) is 0.315. The molecule has 0 amide bonds. The first-order valence-electron chi connectivity index (χ1n) is 11.5. The van der Waals surface area contributed by atoms with Crippen molar-refractivity contribution in [3.05, 3.63) is 83.0 Å². The molecule has 7 nitrogen and oxygen atoms in total. The number of pyridine rings is 2. The highest BCUT2D eigenvalue weighted by Gasteiger charge is 2.53. The summed E-state index contributed by atoms with van der Waals surface area (Å²) in [6, 6.07) is 17.4. The van der Waals surface area contributed by atoms with E-state index in [0.717, 1.165) is 43.7 Å².